The molecule has 2 unspecified atom stereocenters. The molecule has 50 heavy (non-hydrogen) atoms. The van der Waals surface area contributed by atoms with Gasteiger partial charge in [-0.05, 0) is 87.3 Å². The number of hydrogen-bond acceptors (Lipinski definition) is 8. The van der Waals surface area contributed by atoms with Crippen LogP contribution in [0.15, 0.2) is 30.3 Å². The van der Waals surface area contributed by atoms with Crippen molar-refractivity contribution in [1.82, 2.24) is 14.6 Å². The minimum absolute atomic E-state index is 0.151. The Hall–Kier alpha value is -4.10. The molecule has 2 atom stereocenters. The van der Waals surface area contributed by atoms with Crippen LogP contribution in [0.5, 0.6) is 11.5 Å². The van der Waals surface area contributed by atoms with E-state index in [0.29, 0.717) is 46.4 Å². The summed E-state index contributed by atoms with van der Waals surface area (Å²) in [4.78, 5) is 26.2. The number of carbonyl (C=O) groups excluding carboxylic acids is 1. The molecule has 0 aliphatic heterocycles. The van der Waals surface area contributed by atoms with Crippen LogP contribution in [0.4, 0.5) is 10.7 Å². The average Bonchev–Trinajstić information content (AvgIpc) is 3.81. The molecule has 1 aliphatic carbocycles. The molecule has 4 aromatic rings. The van der Waals surface area contributed by atoms with E-state index in [0.717, 1.165) is 48.7 Å². The monoisotopic (exact) mass is 699 g/mol. The van der Waals surface area contributed by atoms with Crippen molar-refractivity contribution in [1.29, 1.82) is 0 Å². The van der Waals surface area contributed by atoms with E-state index in [1.54, 1.807) is 23.0 Å². The lowest BCUT2D eigenvalue weighted by Gasteiger charge is -2.37. The van der Waals surface area contributed by atoms with Gasteiger partial charge in [-0.15, -0.1) is 16.4 Å². The number of benzene rings is 1. The van der Waals surface area contributed by atoms with Crippen molar-refractivity contribution in [2.24, 2.45) is 17.8 Å². The Balaban J connectivity index is 1.56. The molecule has 1 aliphatic rings. The molecule has 9 nitrogen and oxygen atoms in total. The van der Waals surface area contributed by atoms with Gasteiger partial charge in [0.2, 0.25) is 5.69 Å². The van der Waals surface area contributed by atoms with Crippen LogP contribution in [0, 0.1) is 24.3 Å². The first kappa shape index (κ1) is 37.2. The lowest BCUT2D eigenvalue weighted by Crippen LogP contribution is -2.37. The Kier molecular flexibility index (Phi) is 12.8. The molecule has 0 saturated heterocycles. The minimum Gasteiger partial charge on any atom is -0.496 e. The van der Waals surface area contributed by atoms with E-state index in [2.05, 4.69) is 57.4 Å². The predicted molar refractivity (Wildman–Crippen MR) is 203 cm³/mol. The molecule has 0 bridgehead atoms. The fourth-order valence-corrected chi connectivity index (χ4v) is 8.49. The second-order valence-corrected chi connectivity index (χ2v) is 14.9. The number of carbonyl (C=O) groups is 1. The number of ether oxygens (including phenoxy) is 3. The summed E-state index contributed by atoms with van der Waals surface area (Å²) in [5.74, 6) is 2.15. The van der Waals surface area contributed by atoms with Crippen LogP contribution in [0.25, 0.3) is 28.0 Å². The van der Waals surface area contributed by atoms with Crippen LogP contribution in [-0.2, 0) is 4.74 Å². The van der Waals surface area contributed by atoms with Crippen LogP contribution in [0.3, 0.4) is 0 Å². The molecule has 0 N–H and O–H groups in total. The van der Waals surface area contributed by atoms with Gasteiger partial charge in [0.1, 0.15) is 23.2 Å². The zero-order valence-electron chi connectivity index (χ0n) is 30.8. The summed E-state index contributed by atoms with van der Waals surface area (Å²) < 4.78 is 19.8. The highest BCUT2D eigenvalue weighted by Crippen LogP contribution is 2.37. The van der Waals surface area contributed by atoms with E-state index in [9.17, 15) is 4.79 Å². The van der Waals surface area contributed by atoms with Crippen molar-refractivity contribution in [3.63, 3.8) is 0 Å². The van der Waals surface area contributed by atoms with Crippen molar-refractivity contribution in [2.75, 3.05) is 31.7 Å². The SMILES string of the molecule is [C-]#[N+]c1c(C(=O)OC2C(C)CC(C)CC2C)c2nc(-c3cc(OCCCCCCCC)ccc3OC)nn2/c1=C/c1ccc(N(CC)CC)s1. The van der Waals surface area contributed by atoms with Crippen molar-refractivity contribution < 1.29 is 19.0 Å². The summed E-state index contributed by atoms with van der Waals surface area (Å²) in [6.07, 6.45) is 10.8. The van der Waals surface area contributed by atoms with E-state index in [1.807, 2.05) is 30.3 Å². The van der Waals surface area contributed by atoms with E-state index in [-0.39, 0.29) is 29.2 Å². The molecule has 10 heteroatoms. The van der Waals surface area contributed by atoms with Gasteiger partial charge in [0.25, 0.3) is 0 Å². The number of hydrogen-bond donors (Lipinski definition) is 0. The highest BCUT2D eigenvalue weighted by Gasteiger charge is 2.36. The molecule has 3 aromatic heterocycles. The molecule has 5 rings (SSSR count). The zero-order chi connectivity index (χ0) is 35.8. The van der Waals surface area contributed by atoms with Crippen molar-refractivity contribution in [2.45, 2.75) is 99.0 Å². The number of fused-ring (bicyclic) bond motifs is 1. The summed E-state index contributed by atoms with van der Waals surface area (Å²) in [7, 11) is 1.61. The van der Waals surface area contributed by atoms with Crippen molar-refractivity contribution >= 4 is 39.7 Å². The van der Waals surface area contributed by atoms with Crippen molar-refractivity contribution in [3.05, 3.63) is 57.5 Å². The molecule has 1 aromatic carbocycles. The Morgan fingerprint density at radius 3 is 2.44 bits per heavy atom. The second-order valence-electron chi connectivity index (χ2n) is 13.8. The normalized spacial score (nSPS) is 19.4. The van der Waals surface area contributed by atoms with Crippen LogP contribution in [-0.4, -0.2) is 53.5 Å². The Morgan fingerprint density at radius 1 is 1.04 bits per heavy atom. The van der Waals surface area contributed by atoms with Crippen LogP contribution >= 0.6 is 11.3 Å². The lowest BCUT2D eigenvalue weighted by molar-refractivity contribution is -0.0249. The number of esters is 1. The largest absolute Gasteiger partial charge is 0.496 e. The van der Waals surface area contributed by atoms with Gasteiger partial charge in [-0.2, -0.15) is 0 Å². The standard InChI is InChI=1S/C40H53N5O4S/c1-9-12-13-14-15-16-21-48-29-17-19-33(47-8)31(24-29)38-42-39-35(40(46)49-37-27(5)22-26(4)23-28(37)6)36(41-7)32(45(39)43-38)25-30-18-20-34(50-30)44(10-2)11-3/h17-20,24-28,37H,9-16,21-23H2,1-6,8H3/b32-25+. The first-order valence-corrected chi connectivity index (χ1v) is 19.2. The average molecular weight is 700 g/mol. The summed E-state index contributed by atoms with van der Waals surface area (Å²) in [6.45, 7) is 23.7. The summed E-state index contributed by atoms with van der Waals surface area (Å²) in [5, 5.41) is 6.57. The minimum atomic E-state index is -0.532. The highest BCUT2D eigenvalue weighted by atomic mass is 32.1. The molecular formula is C40H53N5O4S. The molecule has 1 fully saturated rings. The molecule has 0 radical (unpaired) electrons. The first-order chi connectivity index (χ1) is 24.2. The van der Waals surface area contributed by atoms with Gasteiger partial charge in [-0.3, -0.25) is 0 Å². The number of unbranched alkanes of at least 4 members (excludes halogenated alkanes) is 5. The van der Waals surface area contributed by atoms with Gasteiger partial charge in [-0.25, -0.2) is 19.1 Å². The Bertz CT molecular complexity index is 1830. The Morgan fingerprint density at radius 2 is 1.76 bits per heavy atom. The van der Waals surface area contributed by atoms with E-state index in [1.165, 1.54) is 25.7 Å². The van der Waals surface area contributed by atoms with Gasteiger partial charge in [-0.1, -0.05) is 59.8 Å². The Labute approximate surface area is 301 Å². The van der Waals surface area contributed by atoms with Gasteiger partial charge >= 0.3 is 5.97 Å². The smallest absolute Gasteiger partial charge is 0.331 e. The van der Waals surface area contributed by atoms with Crippen molar-refractivity contribution in [3.8, 4) is 22.9 Å². The third kappa shape index (κ3) is 8.26. The summed E-state index contributed by atoms with van der Waals surface area (Å²) >= 11 is 1.64. The van der Waals surface area contributed by atoms with Gasteiger partial charge in [0.05, 0.1) is 36.2 Å². The molecule has 3 heterocycles. The van der Waals surface area contributed by atoms with E-state index in [4.69, 9.17) is 30.9 Å². The number of nitrogens with zero attached hydrogens (tertiary/aromatic N) is 5. The summed E-state index contributed by atoms with van der Waals surface area (Å²) in [5.41, 5.74) is 1.29. The maximum atomic E-state index is 14.2. The maximum absolute atomic E-state index is 14.2. The molecule has 268 valence electrons. The highest BCUT2D eigenvalue weighted by molar-refractivity contribution is 7.16. The molecule has 1 saturated carbocycles. The topological polar surface area (TPSA) is 82.5 Å². The maximum Gasteiger partial charge on any atom is 0.331 e. The number of rotatable bonds is 16. The van der Waals surface area contributed by atoms with Gasteiger partial charge in [0.15, 0.2) is 11.5 Å². The van der Waals surface area contributed by atoms with E-state index < -0.39 is 5.97 Å². The quantitative estimate of drug-likeness (QED) is 0.0655. The number of aromatic nitrogens is 3. The molecule has 0 amide bonds. The molecular weight excluding hydrogens is 647 g/mol. The van der Waals surface area contributed by atoms with Crippen LogP contribution < -0.4 is 19.7 Å². The van der Waals surface area contributed by atoms with Crippen LogP contribution in [0.1, 0.15) is 108 Å². The third-order valence-corrected chi connectivity index (χ3v) is 11.0. The van der Waals surface area contributed by atoms with E-state index >= 15 is 0 Å². The number of thiophene rings is 1. The van der Waals surface area contributed by atoms with Gasteiger partial charge < -0.3 is 19.1 Å². The van der Waals surface area contributed by atoms with Gasteiger partial charge in [0, 0.05) is 18.0 Å². The fraction of sp³-hybridized carbons (Fsp3) is 0.550. The lowest BCUT2D eigenvalue weighted by atomic mass is 9.75. The molecule has 0 spiro atoms. The summed E-state index contributed by atoms with van der Waals surface area (Å²) in [6, 6.07) is 9.78. The predicted octanol–water partition coefficient (Wildman–Crippen LogP) is 9.38. The second kappa shape index (κ2) is 17.2. The fourth-order valence-electron chi connectivity index (χ4n) is 7.41. The first-order valence-electron chi connectivity index (χ1n) is 18.4. The number of anilines is 1. The third-order valence-electron chi connectivity index (χ3n) is 9.91. The van der Waals surface area contributed by atoms with Crippen LogP contribution in [0.2, 0.25) is 0 Å². The number of methoxy groups -OCH3 is 1. The zero-order valence-corrected chi connectivity index (χ0v) is 31.6.